The molecule has 18 heavy (non-hydrogen) atoms. The van der Waals surface area contributed by atoms with Gasteiger partial charge >= 0.3 is 0 Å². The van der Waals surface area contributed by atoms with Crippen LogP contribution in [0, 0.1) is 0 Å². The standard InChI is InChI=1S/C16H22N2/c1-3-5-6-7-10-13-18-15-12-9-8-11-14(15)17-16(18)4-2/h3,8-9,11-12H,1,4-7,10,13H2,2H3. The zero-order valence-electron chi connectivity index (χ0n) is 11.2. The predicted octanol–water partition coefficient (Wildman–Crippen LogP) is 4.35. The Bertz CT molecular complexity index is 511. The molecule has 0 spiro atoms. The highest BCUT2D eigenvalue weighted by Crippen LogP contribution is 2.17. The molecule has 0 saturated carbocycles. The second kappa shape index (κ2) is 6.39. The average molecular weight is 242 g/mol. The molecule has 0 aliphatic carbocycles. The van der Waals surface area contributed by atoms with E-state index in [-0.39, 0.29) is 0 Å². The number of unbranched alkanes of at least 4 members (excludes halogenated alkanes) is 3. The van der Waals surface area contributed by atoms with Crippen molar-refractivity contribution in [2.75, 3.05) is 0 Å². The lowest BCUT2D eigenvalue weighted by atomic mass is 10.2. The Labute approximate surface area is 109 Å². The van der Waals surface area contributed by atoms with Gasteiger partial charge in [0.25, 0.3) is 0 Å². The van der Waals surface area contributed by atoms with Gasteiger partial charge in [-0.3, -0.25) is 0 Å². The van der Waals surface area contributed by atoms with Gasteiger partial charge in [-0.1, -0.05) is 31.6 Å². The minimum absolute atomic E-state index is 1.00. The molecule has 96 valence electrons. The number of aryl methyl sites for hydroxylation is 2. The van der Waals surface area contributed by atoms with Crippen molar-refractivity contribution >= 4 is 11.0 Å². The van der Waals surface area contributed by atoms with Crippen LogP contribution in [0.4, 0.5) is 0 Å². The number of benzene rings is 1. The van der Waals surface area contributed by atoms with Crippen molar-refractivity contribution in [1.82, 2.24) is 9.55 Å². The molecule has 1 heterocycles. The summed E-state index contributed by atoms with van der Waals surface area (Å²) < 4.78 is 2.38. The molecule has 0 bridgehead atoms. The van der Waals surface area contributed by atoms with E-state index in [0.29, 0.717) is 0 Å². The summed E-state index contributed by atoms with van der Waals surface area (Å²) in [6.07, 6.45) is 7.87. The summed E-state index contributed by atoms with van der Waals surface area (Å²) in [6, 6.07) is 8.43. The van der Waals surface area contributed by atoms with Crippen molar-refractivity contribution in [2.24, 2.45) is 0 Å². The molecule has 0 atom stereocenters. The maximum Gasteiger partial charge on any atom is 0.109 e. The number of hydrogen-bond acceptors (Lipinski definition) is 1. The lowest BCUT2D eigenvalue weighted by Crippen LogP contribution is -2.03. The maximum atomic E-state index is 4.69. The third-order valence-electron chi connectivity index (χ3n) is 3.34. The van der Waals surface area contributed by atoms with Crippen LogP contribution in [0.1, 0.15) is 38.4 Å². The van der Waals surface area contributed by atoms with E-state index in [4.69, 9.17) is 4.98 Å². The Hall–Kier alpha value is -1.57. The van der Waals surface area contributed by atoms with Gasteiger partial charge in [0.2, 0.25) is 0 Å². The molecule has 1 aromatic heterocycles. The summed E-state index contributed by atoms with van der Waals surface area (Å²) in [5.41, 5.74) is 2.40. The lowest BCUT2D eigenvalue weighted by molar-refractivity contribution is 0.583. The third kappa shape index (κ3) is 2.81. The predicted molar refractivity (Wildman–Crippen MR) is 77.8 cm³/mol. The summed E-state index contributed by atoms with van der Waals surface area (Å²) in [6.45, 7) is 7.02. The molecule has 2 heteroatoms. The fraction of sp³-hybridized carbons (Fsp3) is 0.438. The highest BCUT2D eigenvalue weighted by Gasteiger charge is 2.07. The minimum atomic E-state index is 1.00. The third-order valence-corrected chi connectivity index (χ3v) is 3.34. The number of imidazole rings is 1. The summed E-state index contributed by atoms with van der Waals surface area (Å²) in [4.78, 5) is 4.69. The highest BCUT2D eigenvalue weighted by molar-refractivity contribution is 5.75. The van der Waals surface area contributed by atoms with Crippen LogP contribution in [-0.2, 0) is 13.0 Å². The lowest BCUT2D eigenvalue weighted by Gasteiger charge is -2.07. The molecule has 0 N–H and O–H groups in total. The van der Waals surface area contributed by atoms with E-state index in [2.05, 4.69) is 42.3 Å². The van der Waals surface area contributed by atoms with Crippen LogP contribution in [0.5, 0.6) is 0 Å². The van der Waals surface area contributed by atoms with Gasteiger partial charge in [0.15, 0.2) is 0 Å². The first-order chi connectivity index (χ1) is 8.86. The number of allylic oxidation sites excluding steroid dienone is 1. The molecular formula is C16H22N2. The van der Waals surface area contributed by atoms with Crippen molar-refractivity contribution in [2.45, 2.75) is 45.6 Å². The topological polar surface area (TPSA) is 17.8 Å². The van der Waals surface area contributed by atoms with Crippen LogP contribution < -0.4 is 0 Å². The average Bonchev–Trinajstić information content (AvgIpc) is 2.77. The normalized spacial score (nSPS) is 10.9. The van der Waals surface area contributed by atoms with Gasteiger partial charge in [-0.15, -0.1) is 6.58 Å². The van der Waals surface area contributed by atoms with Gasteiger partial charge in [0.05, 0.1) is 11.0 Å². The number of hydrogen-bond donors (Lipinski definition) is 0. The second-order valence-electron chi connectivity index (χ2n) is 4.66. The Morgan fingerprint density at radius 3 is 2.83 bits per heavy atom. The van der Waals surface area contributed by atoms with Crippen LogP contribution in [0.2, 0.25) is 0 Å². The zero-order chi connectivity index (χ0) is 12.8. The zero-order valence-corrected chi connectivity index (χ0v) is 11.2. The first-order valence-electron chi connectivity index (χ1n) is 6.92. The van der Waals surface area contributed by atoms with Crippen LogP contribution in [0.3, 0.4) is 0 Å². The van der Waals surface area contributed by atoms with Gasteiger partial charge in [0.1, 0.15) is 5.82 Å². The van der Waals surface area contributed by atoms with E-state index in [1.54, 1.807) is 0 Å². The van der Waals surface area contributed by atoms with E-state index in [0.717, 1.165) is 24.9 Å². The number of rotatable bonds is 7. The van der Waals surface area contributed by atoms with E-state index >= 15 is 0 Å². The number of aromatic nitrogens is 2. The van der Waals surface area contributed by atoms with Crippen molar-refractivity contribution in [1.29, 1.82) is 0 Å². The van der Waals surface area contributed by atoms with Gasteiger partial charge in [-0.25, -0.2) is 4.98 Å². The summed E-state index contributed by atoms with van der Waals surface area (Å²) in [5.74, 6) is 1.21. The van der Waals surface area contributed by atoms with Gasteiger partial charge in [-0.05, 0) is 31.4 Å². The Kier molecular flexibility index (Phi) is 4.57. The summed E-state index contributed by atoms with van der Waals surface area (Å²) >= 11 is 0. The molecule has 0 aliphatic heterocycles. The summed E-state index contributed by atoms with van der Waals surface area (Å²) in [5, 5.41) is 0. The fourth-order valence-corrected chi connectivity index (χ4v) is 2.38. The Balaban J connectivity index is 2.08. The number of nitrogens with zero attached hydrogens (tertiary/aromatic N) is 2. The van der Waals surface area contributed by atoms with Crippen LogP contribution in [-0.4, -0.2) is 9.55 Å². The fourth-order valence-electron chi connectivity index (χ4n) is 2.38. The molecule has 0 radical (unpaired) electrons. The quantitative estimate of drug-likeness (QED) is 0.521. The molecule has 0 fully saturated rings. The largest absolute Gasteiger partial charge is 0.328 e. The highest BCUT2D eigenvalue weighted by atomic mass is 15.1. The van der Waals surface area contributed by atoms with E-state index in [9.17, 15) is 0 Å². The van der Waals surface area contributed by atoms with Crippen LogP contribution >= 0.6 is 0 Å². The van der Waals surface area contributed by atoms with Crippen molar-refractivity contribution < 1.29 is 0 Å². The number of para-hydroxylation sites is 2. The molecule has 0 saturated heterocycles. The van der Waals surface area contributed by atoms with E-state index in [1.807, 2.05) is 6.08 Å². The molecule has 0 aliphatic rings. The van der Waals surface area contributed by atoms with Crippen molar-refractivity contribution in [3.63, 3.8) is 0 Å². The SMILES string of the molecule is C=CCCCCCn1c(CC)nc2ccccc21. The molecular weight excluding hydrogens is 220 g/mol. The monoisotopic (exact) mass is 242 g/mol. The van der Waals surface area contributed by atoms with Crippen LogP contribution in [0.25, 0.3) is 11.0 Å². The van der Waals surface area contributed by atoms with E-state index in [1.165, 1.54) is 30.6 Å². The van der Waals surface area contributed by atoms with Crippen molar-refractivity contribution in [3.05, 3.63) is 42.7 Å². The molecule has 0 unspecified atom stereocenters. The Morgan fingerprint density at radius 2 is 2.06 bits per heavy atom. The molecule has 2 rings (SSSR count). The summed E-state index contributed by atoms with van der Waals surface area (Å²) in [7, 11) is 0. The first kappa shape index (κ1) is 12.9. The van der Waals surface area contributed by atoms with Gasteiger partial charge < -0.3 is 4.57 Å². The maximum absolute atomic E-state index is 4.69. The smallest absolute Gasteiger partial charge is 0.109 e. The first-order valence-corrected chi connectivity index (χ1v) is 6.92. The minimum Gasteiger partial charge on any atom is -0.328 e. The van der Waals surface area contributed by atoms with Crippen LogP contribution in [0.15, 0.2) is 36.9 Å². The molecule has 0 amide bonds. The molecule has 2 nitrogen and oxygen atoms in total. The van der Waals surface area contributed by atoms with Gasteiger partial charge in [0, 0.05) is 13.0 Å². The molecule has 2 aromatic rings. The van der Waals surface area contributed by atoms with Crippen molar-refractivity contribution in [3.8, 4) is 0 Å². The molecule has 1 aromatic carbocycles. The second-order valence-corrected chi connectivity index (χ2v) is 4.66. The Morgan fingerprint density at radius 1 is 1.22 bits per heavy atom. The number of fused-ring (bicyclic) bond motifs is 1. The van der Waals surface area contributed by atoms with Gasteiger partial charge in [-0.2, -0.15) is 0 Å². The van der Waals surface area contributed by atoms with E-state index < -0.39 is 0 Å².